The van der Waals surface area contributed by atoms with Crippen molar-refractivity contribution in [2.75, 3.05) is 6.54 Å². The first-order valence-corrected chi connectivity index (χ1v) is 12.7. The molecule has 27 heavy (non-hydrogen) atoms. The molecule has 0 N–H and O–H groups in total. The van der Waals surface area contributed by atoms with Crippen molar-refractivity contribution in [2.24, 2.45) is 0 Å². The molecule has 1 aromatic rings. The van der Waals surface area contributed by atoms with Crippen molar-refractivity contribution in [3.05, 3.63) is 41.6 Å². The van der Waals surface area contributed by atoms with Gasteiger partial charge in [-0.15, -0.1) is 0 Å². The second-order valence-electron chi connectivity index (χ2n) is 7.67. The normalized spacial score (nSPS) is 13.3. The van der Waals surface area contributed by atoms with Crippen LogP contribution in [0.3, 0.4) is 0 Å². The molecule has 0 radical (unpaired) electrons. The Bertz CT molecular complexity index is 707. The van der Waals surface area contributed by atoms with Gasteiger partial charge in [-0.25, -0.2) is 9.69 Å². The zero-order chi connectivity index (χ0) is 21.0. The van der Waals surface area contributed by atoms with Crippen molar-refractivity contribution in [3.63, 3.8) is 0 Å². The van der Waals surface area contributed by atoms with Crippen LogP contribution in [-0.4, -0.2) is 40.9 Å². The van der Waals surface area contributed by atoms with Crippen LogP contribution in [-0.2, 0) is 9.53 Å². The fourth-order valence-corrected chi connectivity index (χ4v) is 5.53. The van der Waals surface area contributed by atoms with Crippen molar-refractivity contribution in [3.8, 4) is 0 Å². The van der Waals surface area contributed by atoms with E-state index in [0.717, 1.165) is 10.1 Å². The van der Waals surface area contributed by atoms with Crippen LogP contribution < -0.4 is 5.19 Å². The predicted octanol–water partition coefficient (Wildman–Crippen LogP) is 5.22. The molecule has 0 spiro atoms. The second-order valence-corrected chi connectivity index (χ2v) is 14.4. The summed E-state index contributed by atoms with van der Waals surface area (Å²) in [5.74, 6) is -0.932. The van der Waals surface area contributed by atoms with Gasteiger partial charge in [-0.3, -0.25) is 4.79 Å². The molecule has 0 aromatic heterocycles. The molecule has 0 aliphatic rings. The van der Waals surface area contributed by atoms with Crippen molar-refractivity contribution in [2.45, 2.75) is 50.2 Å². The molecular weight excluding hydrogens is 425 g/mol. The number of benzene rings is 1. The minimum absolute atomic E-state index is 0.00622. The summed E-state index contributed by atoms with van der Waals surface area (Å²) >= 11 is 17.3. The Balaban J connectivity index is 3.26. The fourth-order valence-electron chi connectivity index (χ4n) is 2.55. The van der Waals surface area contributed by atoms with Crippen LogP contribution >= 0.6 is 34.8 Å². The van der Waals surface area contributed by atoms with Crippen LogP contribution in [0.25, 0.3) is 0 Å². The highest BCUT2D eigenvalue weighted by Gasteiger charge is 2.42. The molecule has 0 aliphatic carbocycles. The topological polar surface area (TPSA) is 46.6 Å². The van der Waals surface area contributed by atoms with Crippen LogP contribution in [0.5, 0.6) is 0 Å². The van der Waals surface area contributed by atoms with Gasteiger partial charge >= 0.3 is 6.09 Å². The number of carbonyl (C=O) groups is 2. The number of ether oxygens (including phenoxy) is 1. The standard InChI is InChI=1S/C19H26Cl3NO3Si/c1-7-14(27(5,6)15-11-9-8-10-12-15)13-23(16(24)19(20,21)22)17(25)26-18(2,3)4/h7-12H,13H2,1-6H3/b14-7-. The molecule has 0 saturated carbocycles. The minimum atomic E-state index is -2.26. The van der Waals surface area contributed by atoms with Gasteiger partial charge in [-0.2, -0.15) is 0 Å². The summed E-state index contributed by atoms with van der Waals surface area (Å²) in [7, 11) is -2.15. The number of imide groups is 1. The molecule has 0 fully saturated rings. The lowest BCUT2D eigenvalue weighted by Crippen LogP contribution is -2.52. The lowest BCUT2D eigenvalue weighted by atomic mass is 10.2. The maximum absolute atomic E-state index is 12.7. The molecular formula is C19H26Cl3NO3Si. The molecule has 1 aromatic carbocycles. The molecule has 0 saturated heterocycles. The van der Waals surface area contributed by atoms with Crippen molar-refractivity contribution in [1.82, 2.24) is 4.90 Å². The summed E-state index contributed by atoms with van der Waals surface area (Å²) in [6.07, 6.45) is 1.08. The Morgan fingerprint density at radius 2 is 1.63 bits per heavy atom. The summed E-state index contributed by atoms with van der Waals surface area (Å²) in [6.45, 7) is 11.3. The smallest absolute Gasteiger partial charge is 0.417 e. The molecule has 4 nitrogen and oxygen atoms in total. The van der Waals surface area contributed by atoms with Crippen LogP contribution in [0, 0.1) is 0 Å². The number of alkyl halides is 3. The first kappa shape index (κ1) is 24.0. The van der Waals surface area contributed by atoms with Crippen LogP contribution in [0.2, 0.25) is 13.1 Å². The van der Waals surface area contributed by atoms with Crippen molar-refractivity contribution in [1.29, 1.82) is 0 Å². The molecule has 150 valence electrons. The van der Waals surface area contributed by atoms with E-state index in [9.17, 15) is 9.59 Å². The monoisotopic (exact) mass is 449 g/mol. The quantitative estimate of drug-likeness (QED) is 0.466. The van der Waals surface area contributed by atoms with E-state index in [2.05, 4.69) is 13.1 Å². The van der Waals surface area contributed by atoms with Gasteiger partial charge in [0.2, 0.25) is 0 Å². The van der Waals surface area contributed by atoms with E-state index >= 15 is 0 Å². The lowest BCUT2D eigenvalue weighted by molar-refractivity contribution is -0.128. The number of halogens is 3. The van der Waals surface area contributed by atoms with Gasteiger partial charge in [-0.1, -0.05) is 94.7 Å². The van der Waals surface area contributed by atoms with E-state index in [-0.39, 0.29) is 6.54 Å². The van der Waals surface area contributed by atoms with E-state index in [1.165, 1.54) is 5.19 Å². The molecule has 0 atom stereocenters. The maximum Gasteiger partial charge on any atom is 0.417 e. The largest absolute Gasteiger partial charge is 0.443 e. The summed E-state index contributed by atoms with van der Waals surface area (Å²) in [4.78, 5) is 26.2. The zero-order valence-electron chi connectivity index (χ0n) is 16.5. The summed E-state index contributed by atoms with van der Waals surface area (Å²) in [5.41, 5.74) is -0.786. The Hall–Kier alpha value is -1.01. The number of nitrogens with zero attached hydrogens (tertiary/aromatic N) is 1. The Morgan fingerprint density at radius 3 is 2.04 bits per heavy atom. The minimum Gasteiger partial charge on any atom is -0.443 e. The number of hydrogen-bond acceptors (Lipinski definition) is 3. The SMILES string of the molecule is C/C=C(/CN(C(=O)OC(C)(C)C)C(=O)C(Cl)(Cl)Cl)[Si](C)(C)c1ccccc1. The van der Waals surface area contributed by atoms with Gasteiger partial charge < -0.3 is 4.74 Å². The van der Waals surface area contributed by atoms with Crippen LogP contribution in [0.1, 0.15) is 27.7 Å². The highest BCUT2D eigenvalue weighted by Crippen LogP contribution is 2.30. The molecule has 0 aliphatic heterocycles. The van der Waals surface area contributed by atoms with Crippen molar-refractivity contribution >= 4 is 60.1 Å². The van der Waals surface area contributed by atoms with Gasteiger partial charge in [0.1, 0.15) is 13.7 Å². The Kier molecular flexibility index (Phi) is 8.00. The van der Waals surface area contributed by atoms with Gasteiger partial charge in [0.05, 0.1) is 6.54 Å². The first-order chi connectivity index (χ1) is 12.2. The van der Waals surface area contributed by atoms with Crippen LogP contribution in [0.4, 0.5) is 4.79 Å². The molecule has 8 heteroatoms. The average molecular weight is 451 g/mol. The molecule has 0 heterocycles. The highest BCUT2D eigenvalue weighted by atomic mass is 35.6. The summed E-state index contributed by atoms with van der Waals surface area (Å²) in [6, 6.07) is 9.97. The summed E-state index contributed by atoms with van der Waals surface area (Å²) in [5, 5.41) is 2.12. The van der Waals surface area contributed by atoms with E-state index in [1.54, 1.807) is 20.8 Å². The fraction of sp³-hybridized carbons (Fsp3) is 0.474. The zero-order valence-corrected chi connectivity index (χ0v) is 19.7. The number of hydrogen-bond donors (Lipinski definition) is 0. The number of amides is 2. The third kappa shape index (κ3) is 6.82. The predicted molar refractivity (Wildman–Crippen MR) is 116 cm³/mol. The highest BCUT2D eigenvalue weighted by molar-refractivity contribution is 6.95. The van der Waals surface area contributed by atoms with E-state index in [0.29, 0.717) is 0 Å². The number of rotatable bonds is 4. The van der Waals surface area contributed by atoms with Gasteiger partial charge in [0.25, 0.3) is 9.70 Å². The van der Waals surface area contributed by atoms with Gasteiger partial charge in [0.15, 0.2) is 0 Å². The maximum atomic E-state index is 12.7. The first-order valence-electron chi connectivity index (χ1n) is 8.53. The van der Waals surface area contributed by atoms with Gasteiger partial charge in [-0.05, 0) is 27.7 Å². The van der Waals surface area contributed by atoms with Crippen LogP contribution in [0.15, 0.2) is 41.6 Å². The third-order valence-corrected chi connectivity index (χ3v) is 8.39. The molecule has 0 unspecified atom stereocenters. The lowest BCUT2D eigenvalue weighted by Gasteiger charge is -2.33. The molecule has 1 rings (SSSR count). The second kappa shape index (κ2) is 8.99. The van der Waals surface area contributed by atoms with E-state index < -0.39 is 29.5 Å². The number of allylic oxidation sites excluding steroid dienone is 1. The Morgan fingerprint density at radius 1 is 1.11 bits per heavy atom. The summed E-state index contributed by atoms with van der Waals surface area (Å²) < 4.78 is 3.10. The van der Waals surface area contributed by atoms with E-state index in [4.69, 9.17) is 39.5 Å². The third-order valence-electron chi connectivity index (χ3n) is 4.08. The van der Waals surface area contributed by atoms with Crippen molar-refractivity contribution < 1.29 is 14.3 Å². The molecule has 2 amide bonds. The molecule has 0 bridgehead atoms. The van der Waals surface area contributed by atoms with E-state index in [1.807, 2.05) is 43.3 Å². The average Bonchev–Trinajstić information content (AvgIpc) is 2.53. The number of carbonyl (C=O) groups excluding carboxylic acids is 2. The van der Waals surface area contributed by atoms with Gasteiger partial charge in [0, 0.05) is 0 Å². The Labute approximate surface area is 177 Å².